The van der Waals surface area contributed by atoms with E-state index in [0.717, 1.165) is 33.2 Å². The molecule has 3 heterocycles. The molecular weight excluding hydrogens is 596 g/mol. The predicted octanol–water partition coefficient (Wildman–Crippen LogP) is 4.45. The SMILES string of the molecule is COC(=O)c1ccc(C#CCNC(=O)C[C@@H]2N=C(c3ccc(Cl)cc3)c3c(sc(C)c3C)-n3c(C)nnc32)cc1C#CCN. The molecule has 222 valence electrons. The highest BCUT2D eigenvalue weighted by Crippen LogP contribution is 2.39. The minimum Gasteiger partial charge on any atom is -0.465 e. The molecule has 1 aliphatic rings. The first-order valence-corrected chi connectivity index (χ1v) is 14.9. The van der Waals surface area contributed by atoms with Crippen LogP contribution in [0.1, 0.15) is 67.2 Å². The number of hydrogen-bond acceptors (Lipinski definition) is 8. The first-order chi connectivity index (χ1) is 21.2. The number of nitrogens with two attached hydrogens (primary N) is 1. The highest BCUT2D eigenvalue weighted by molar-refractivity contribution is 7.15. The number of esters is 1. The number of fused-ring (bicyclic) bond motifs is 3. The molecule has 0 aliphatic carbocycles. The third kappa shape index (κ3) is 6.29. The van der Waals surface area contributed by atoms with Crippen LogP contribution >= 0.6 is 22.9 Å². The van der Waals surface area contributed by atoms with Gasteiger partial charge in [0, 0.05) is 32.2 Å². The first kappa shape index (κ1) is 30.7. The number of rotatable bonds is 5. The number of carbonyl (C=O) groups is 2. The van der Waals surface area contributed by atoms with E-state index in [9.17, 15) is 9.59 Å². The van der Waals surface area contributed by atoms with E-state index in [0.29, 0.717) is 27.5 Å². The van der Waals surface area contributed by atoms with Gasteiger partial charge in [0.05, 0.1) is 37.9 Å². The third-order valence-corrected chi connectivity index (χ3v) is 8.54. The number of aliphatic imine (C=N–C) groups is 1. The van der Waals surface area contributed by atoms with Crippen molar-refractivity contribution in [3.05, 3.63) is 97.4 Å². The minimum absolute atomic E-state index is 0.0521. The number of aryl methyl sites for hydroxylation is 2. The van der Waals surface area contributed by atoms with Crippen LogP contribution in [0.3, 0.4) is 0 Å². The molecular formula is C33H29ClN6O3S. The molecule has 0 saturated carbocycles. The summed E-state index contributed by atoms with van der Waals surface area (Å²) in [6, 6.07) is 12.0. The Bertz CT molecular complexity index is 1920. The molecule has 1 amide bonds. The number of hydrogen-bond donors (Lipinski definition) is 2. The summed E-state index contributed by atoms with van der Waals surface area (Å²) < 4.78 is 6.84. The zero-order valence-electron chi connectivity index (χ0n) is 24.6. The summed E-state index contributed by atoms with van der Waals surface area (Å²) in [6.07, 6.45) is 0.0521. The fourth-order valence-corrected chi connectivity index (χ4v) is 6.17. The summed E-state index contributed by atoms with van der Waals surface area (Å²) in [4.78, 5) is 31.6. The van der Waals surface area contributed by atoms with Gasteiger partial charge in [0.15, 0.2) is 5.82 Å². The second kappa shape index (κ2) is 13.3. The number of aromatic nitrogens is 3. The summed E-state index contributed by atoms with van der Waals surface area (Å²) in [6.45, 7) is 6.33. The molecule has 0 unspecified atom stereocenters. The van der Waals surface area contributed by atoms with Gasteiger partial charge in [-0.2, -0.15) is 0 Å². The van der Waals surface area contributed by atoms with Crippen LogP contribution in [0.15, 0.2) is 47.5 Å². The van der Waals surface area contributed by atoms with Crippen molar-refractivity contribution in [1.29, 1.82) is 0 Å². The number of halogens is 1. The zero-order chi connectivity index (χ0) is 31.4. The Morgan fingerprint density at radius 1 is 1.09 bits per heavy atom. The number of nitrogens with zero attached hydrogens (tertiary/aromatic N) is 4. The van der Waals surface area contributed by atoms with Crippen LogP contribution in [0, 0.1) is 44.5 Å². The average Bonchev–Trinajstić information content (AvgIpc) is 3.50. The van der Waals surface area contributed by atoms with E-state index in [2.05, 4.69) is 53.0 Å². The molecule has 0 fully saturated rings. The van der Waals surface area contributed by atoms with Crippen LogP contribution in [0.25, 0.3) is 5.00 Å². The Balaban J connectivity index is 1.39. The predicted molar refractivity (Wildman–Crippen MR) is 171 cm³/mol. The first-order valence-electron chi connectivity index (χ1n) is 13.7. The highest BCUT2D eigenvalue weighted by atomic mass is 35.5. The Morgan fingerprint density at radius 3 is 2.59 bits per heavy atom. The number of ether oxygens (including phenoxy) is 1. The zero-order valence-corrected chi connectivity index (χ0v) is 26.2. The fourth-order valence-electron chi connectivity index (χ4n) is 4.83. The second-order valence-electron chi connectivity index (χ2n) is 9.95. The van der Waals surface area contributed by atoms with Gasteiger partial charge in [0.1, 0.15) is 16.9 Å². The Morgan fingerprint density at radius 2 is 1.86 bits per heavy atom. The van der Waals surface area contributed by atoms with Crippen LogP contribution in [-0.4, -0.2) is 52.6 Å². The molecule has 0 saturated heterocycles. The molecule has 11 heteroatoms. The number of nitrogens with one attached hydrogen (secondary N) is 1. The summed E-state index contributed by atoms with van der Waals surface area (Å²) in [5.41, 5.74) is 10.7. The van der Waals surface area contributed by atoms with Gasteiger partial charge in [0.25, 0.3) is 0 Å². The van der Waals surface area contributed by atoms with Gasteiger partial charge in [-0.1, -0.05) is 47.4 Å². The summed E-state index contributed by atoms with van der Waals surface area (Å²) in [5.74, 6) is 12.2. The van der Waals surface area contributed by atoms with Crippen molar-refractivity contribution < 1.29 is 14.3 Å². The monoisotopic (exact) mass is 624 g/mol. The molecule has 9 nitrogen and oxygen atoms in total. The molecule has 0 radical (unpaired) electrons. The molecule has 1 atom stereocenters. The van der Waals surface area contributed by atoms with Crippen molar-refractivity contribution >= 4 is 40.5 Å². The molecule has 2 aromatic heterocycles. The van der Waals surface area contributed by atoms with Crippen LogP contribution in [0.5, 0.6) is 0 Å². The summed E-state index contributed by atoms with van der Waals surface area (Å²) >= 11 is 7.85. The largest absolute Gasteiger partial charge is 0.465 e. The molecule has 0 bridgehead atoms. The Kier molecular flexibility index (Phi) is 9.26. The lowest BCUT2D eigenvalue weighted by atomic mass is 9.99. The van der Waals surface area contributed by atoms with Gasteiger partial charge in [-0.05, 0) is 56.7 Å². The molecule has 2 aromatic carbocycles. The number of thiophene rings is 1. The normalized spacial score (nSPS) is 13.2. The minimum atomic E-state index is -0.580. The molecule has 44 heavy (non-hydrogen) atoms. The Labute approximate surface area is 264 Å². The second-order valence-corrected chi connectivity index (χ2v) is 11.6. The van der Waals surface area contributed by atoms with Crippen LogP contribution in [0.4, 0.5) is 0 Å². The summed E-state index contributed by atoms with van der Waals surface area (Å²) in [7, 11) is 1.31. The average molecular weight is 625 g/mol. The van der Waals surface area contributed by atoms with Gasteiger partial charge in [-0.25, -0.2) is 4.79 Å². The van der Waals surface area contributed by atoms with E-state index in [1.54, 1.807) is 29.5 Å². The van der Waals surface area contributed by atoms with Crippen molar-refractivity contribution in [3.63, 3.8) is 0 Å². The van der Waals surface area contributed by atoms with E-state index in [1.807, 2.05) is 35.8 Å². The lowest BCUT2D eigenvalue weighted by molar-refractivity contribution is -0.121. The standard InChI is InChI=1S/C33H29ClN6O3S/c1-19-20(2)44-32-29(19)30(23-10-12-25(34)13-11-23)37-27(31-39-38-21(3)40(31)32)18-28(41)36-16-6-7-22-9-14-26(33(42)43-4)24(17-22)8-5-15-35/h9-14,17,27H,15-16,18,35H2,1-4H3,(H,36,41)/t27-/m0/s1. The van der Waals surface area contributed by atoms with Crippen LogP contribution in [0.2, 0.25) is 5.02 Å². The van der Waals surface area contributed by atoms with Gasteiger partial charge in [-0.3, -0.25) is 14.4 Å². The van der Waals surface area contributed by atoms with Crippen LogP contribution < -0.4 is 11.1 Å². The quantitative estimate of drug-likeness (QED) is 0.250. The maximum atomic E-state index is 13.2. The van der Waals surface area contributed by atoms with Gasteiger partial charge >= 0.3 is 5.97 Å². The van der Waals surface area contributed by atoms with Gasteiger partial charge in [0.2, 0.25) is 5.91 Å². The maximum Gasteiger partial charge on any atom is 0.339 e. The topological polar surface area (TPSA) is 124 Å². The third-order valence-electron chi connectivity index (χ3n) is 7.09. The molecule has 5 rings (SSSR count). The summed E-state index contributed by atoms with van der Waals surface area (Å²) in [5, 5.41) is 13.3. The molecule has 4 aromatic rings. The van der Waals surface area contributed by atoms with Crippen molar-refractivity contribution in [3.8, 4) is 28.7 Å². The van der Waals surface area contributed by atoms with Crippen molar-refractivity contribution in [2.75, 3.05) is 20.2 Å². The number of methoxy groups -OCH3 is 1. The van der Waals surface area contributed by atoms with E-state index in [-0.39, 0.29) is 25.4 Å². The Hall–Kier alpha value is -4.74. The van der Waals surface area contributed by atoms with E-state index < -0.39 is 12.0 Å². The van der Waals surface area contributed by atoms with E-state index in [1.165, 1.54) is 12.0 Å². The molecule has 1 aliphatic heterocycles. The molecule has 0 spiro atoms. The number of carbonyl (C=O) groups excluding carboxylic acids is 2. The van der Waals surface area contributed by atoms with Crippen molar-refractivity contribution in [2.24, 2.45) is 10.7 Å². The lowest BCUT2D eigenvalue weighted by Gasteiger charge is -2.12. The van der Waals surface area contributed by atoms with Gasteiger partial charge < -0.3 is 15.8 Å². The fraction of sp³-hybridized carbons (Fsp3) is 0.242. The highest BCUT2D eigenvalue weighted by Gasteiger charge is 2.32. The van der Waals surface area contributed by atoms with Gasteiger partial charge in [-0.15, -0.1) is 21.5 Å². The van der Waals surface area contributed by atoms with Crippen molar-refractivity contribution in [2.45, 2.75) is 33.2 Å². The van der Waals surface area contributed by atoms with Crippen LogP contribution in [-0.2, 0) is 9.53 Å². The number of benzene rings is 2. The van der Waals surface area contributed by atoms with E-state index >= 15 is 0 Å². The maximum absolute atomic E-state index is 13.2. The van der Waals surface area contributed by atoms with Crippen molar-refractivity contribution in [1.82, 2.24) is 20.1 Å². The lowest BCUT2D eigenvalue weighted by Crippen LogP contribution is -2.25. The van der Waals surface area contributed by atoms with E-state index in [4.69, 9.17) is 27.1 Å². The smallest absolute Gasteiger partial charge is 0.339 e. The molecule has 3 N–H and O–H groups in total. The number of amides is 1.